The Morgan fingerprint density at radius 3 is 2.42 bits per heavy atom. The topological polar surface area (TPSA) is 92.0 Å². The van der Waals surface area contributed by atoms with Crippen molar-refractivity contribution in [2.45, 2.75) is 43.7 Å². The molecule has 1 aliphatic carbocycles. The maximum Gasteiger partial charge on any atom is 0.221 e. The number of pyridine rings is 1. The van der Waals surface area contributed by atoms with Crippen molar-refractivity contribution in [3.8, 4) is 0 Å². The van der Waals surface area contributed by atoms with E-state index in [-0.39, 0.29) is 17.9 Å². The predicted molar refractivity (Wildman–Crippen MR) is 157 cm³/mol. The van der Waals surface area contributed by atoms with Crippen LogP contribution in [0.15, 0.2) is 86.7 Å². The number of nitrogens with two attached hydrogens (primary N) is 1. The van der Waals surface area contributed by atoms with Gasteiger partial charge in [0.05, 0.1) is 11.7 Å². The molecule has 204 valence electrons. The van der Waals surface area contributed by atoms with Crippen molar-refractivity contribution in [2.24, 2.45) is 0 Å². The van der Waals surface area contributed by atoms with Gasteiger partial charge in [-0.25, -0.2) is 9.97 Å². The number of hydrogen-bond donors (Lipinski definition) is 3. The summed E-state index contributed by atoms with van der Waals surface area (Å²) < 4.78 is 14.0. The highest BCUT2D eigenvalue weighted by Gasteiger charge is 2.28. The summed E-state index contributed by atoms with van der Waals surface area (Å²) in [6.45, 7) is 16.7. The molecule has 1 aliphatic heterocycles. The number of allylic oxidation sites excluding steroid dienone is 2. The largest absolute Gasteiger partial charge is 0.368 e. The number of rotatable bonds is 10. The van der Waals surface area contributed by atoms with Gasteiger partial charge >= 0.3 is 0 Å². The molecule has 4 rings (SSSR count). The Labute approximate surface area is 227 Å². The Balaban J connectivity index is 0.000000224. The number of nitrogen functional groups attached to an aromatic ring is 1. The van der Waals surface area contributed by atoms with Gasteiger partial charge in [0.1, 0.15) is 5.82 Å². The summed E-state index contributed by atoms with van der Waals surface area (Å²) in [6, 6.07) is 5.99. The average Bonchev–Trinajstić information content (AvgIpc) is 3.68. The van der Waals surface area contributed by atoms with E-state index in [4.69, 9.17) is 5.73 Å². The Bertz CT molecular complexity index is 1090. The van der Waals surface area contributed by atoms with E-state index in [1.54, 1.807) is 30.5 Å². The molecule has 4 N–H and O–H groups in total. The van der Waals surface area contributed by atoms with Crippen LogP contribution in [0.3, 0.4) is 0 Å². The van der Waals surface area contributed by atoms with Crippen LogP contribution in [0.4, 0.5) is 16.2 Å². The van der Waals surface area contributed by atoms with Gasteiger partial charge in [0, 0.05) is 24.3 Å². The summed E-state index contributed by atoms with van der Waals surface area (Å²) >= 11 is 0. The molecule has 0 bridgehead atoms. The number of nitrogens with zero attached hydrogens (tertiary/aromatic N) is 4. The van der Waals surface area contributed by atoms with E-state index in [9.17, 15) is 4.39 Å². The fourth-order valence-corrected chi connectivity index (χ4v) is 4.11. The van der Waals surface area contributed by atoms with Crippen LogP contribution >= 0.6 is 0 Å². The maximum absolute atomic E-state index is 14.0. The standard InChI is InChI=1S/C16H19FN2.C7H10N4.C7H13N/c1-4-6-11(5-2)15(18-3)14-10-9-13(12-7-8-12)16(17)19-14;1-2-4-9-6-3-5-10-7(8)11-6;1-3-7-5-4-6-8(7)2/h4-6,9-10,12,15,18H,1-2,7-8H2,3H3;2-3,5H,1,4H2,(H3,8,9,10,11);3,7H,1,4-6H2,2H3/b11-6+;;. The zero-order valence-corrected chi connectivity index (χ0v) is 22.7. The van der Waals surface area contributed by atoms with Crippen molar-refractivity contribution in [3.05, 3.63) is 104 Å². The zero-order chi connectivity index (χ0) is 27.9. The summed E-state index contributed by atoms with van der Waals surface area (Å²) in [5, 5.41) is 6.12. The third kappa shape index (κ3) is 9.68. The van der Waals surface area contributed by atoms with Gasteiger partial charge < -0.3 is 16.4 Å². The minimum absolute atomic E-state index is 0.168. The number of likely N-dealkylation sites (N-methyl/N-ethyl adjacent to an activating group) is 2. The molecule has 38 heavy (non-hydrogen) atoms. The van der Waals surface area contributed by atoms with E-state index < -0.39 is 0 Å². The average molecular weight is 520 g/mol. The summed E-state index contributed by atoms with van der Waals surface area (Å²) in [5.41, 5.74) is 7.67. The number of anilines is 2. The number of likely N-dealkylation sites (tertiary alicyclic amines) is 1. The molecule has 7 nitrogen and oxygen atoms in total. The molecule has 2 atom stereocenters. The van der Waals surface area contributed by atoms with Gasteiger partial charge in [-0.1, -0.05) is 49.6 Å². The highest BCUT2D eigenvalue weighted by molar-refractivity contribution is 5.37. The molecule has 2 aromatic rings. The van der Waals surface area contributed by atoms with Crippen LogP contribution in [0, 0.1) is 5.95 Å². The molecule has 2 unspecified atom stereocenters. The van der Waals surface area contributed by atoms with Crippen LogP contribution in [0.2, 0.25) is 0 Å². The van der Waals surface area contributed by atoms with E-state index in [1.807, 2.05) is 31.3 Å². The van der Waals surface area contributed by atoms with Gasteiger partial charge in [0.2, 0.25) is 11.9 Å². The Morgan fingerprint density at radius 1 is 1.18 bits per heavy atom. The van der Waals surface area contributed by atoms with Crippen molar-refractivity contribution in [1.29, 1.82) is 0 Å². The molecule has 1 saturated carbocycles. The van der Waals surface area contributed by atoms with Gasteiger partial charge in [-0.15, -0.1) is 13.2 Å². The maximum atomic E-state index is 14.0. The molecule has 0 aromatic carbocycles. The van der Waals surface area contributed by atoms with Crippen molar-refractivity contribution in [1.82, 2.24) is 25.2 Å². The van der Waals surface area contributed by atoms with Gasteiger partial charge in [0.15, 0.2) is 0 Å². The van der Waals surface area contributed by atoms with Crippen LogP contribution in [0.1, 0.15) is 48.9 Å². The number of halogens is 1. The van der Waals surface area contributed by atoms with Crippen molar-refractivity contribution < 1.29 is 4.39 Å². The van der Waals surface area contributed by atoms with E-state index in [2.05, 4.69) is 63.8 Å². The first kappa shape index (κ1) is 30.6. The molecule has 3 heterocycles. The highest BCUT2D eigenvalue weighted by Crippen LogP contribution is 2.41. The summed E-state index contributed by atoms with van der Waals surface area (Å²) in [4.78, 5) is 14.1. The minimum atomic E-state index is -0.345. The lowest BCUT2D eigenvalue weighted by Crippen LogP contribution is -2.21. The van der Waals surface area contributed by atoms with Crippen LogP contribution in [0.25, 0.3) is 0 Å². The molecule has 8 heteroatoms. The van der Waals surface area contributed by atoms with Crippen molar-refractivity contribution in [3.63, 3.8) is 0 Å². The lowest BCUT2D eigenvalue weighted by molar-refractivity contribution is 0.357. The molecule has 0 amide bonds. The third-order valence-corrected chi connectivity index (χ3v) is 6.33. The van der Waals surface area contributed by atoms with E-state index in [1.165, 1.54) is 19.4 Å². The molecule has 2 fully saturated rings. The van der Waals surface area contributed by atoms with Gasteiger partial charge in [0.25, 0.3) is 0 Å². The van der Waals surface area contributed by atoms with E-state index in [0.29, 0.717) is 24.2 Å². The first-order chi connectivity index (χ1) is 18.4. The van der Waals surface area contributed by atoms with Crippen LogP contribution < -0.4 is 16.4 Å². The smallest absolute Gasteiger partial charge is 0.221 e. The van der Waals surface area contributed by atoms with Crippen LogP contribution in [0.5, 0.6) is 0 Å². The Hall–Kier alpha value is -3.62. The zero-order valence-electron chi connectivity index (χ0n) is 22.7. The number of nitrogens with one attached hydrogen (secondary N) is 2. The highest BCUT2D eigenvalue weighted by atomic mass is 19.1. The second kappa shape index (κ2) is 16.3. The first-order valence-electron chi connectivity index (χ1n) is 12.9. The lowest BCUT2D eigenvalue weighted by Gasteiger charge is -2.17. The van der Waals surface area contributed by atoms with Gasteiger partial charge in [-0.05, 0) is 69.9 Å². The van der Waals surface area contributed by atoms with E-state index in [0.717, 1.165) is 29.8 Å². The number of hydrogen-bond acceptors (Lipinski definition) is 7. The summed E-state index contributed by atoms with van der Waals surface area (Å²) in [5.74, 6) is 1.02. The SMILES string of the molecule is C=C/C=C(\C=C)C(NC)c1ccc(C2CC2)c(F)n1.C=CC1CCCN1C.C=CCNc1ccnc(N)n1. The minimum Gasteiger partial charge on any atom is -0.368 e. The third-order valence-electron chi connectivity index (χ3n) is 6.33. The van der Waals surface area contributed by atoms with Crippen molar-refractivity contribution in [2.75, 3.05) is 38.2 Å². The monoisotopic (exact) mass is 519 g/mol. The fraction of sp³-hybridized carbons (Fsp3) is 0.367. The normalized spacial score (nSPS) is 17.7. The molecule has 2 aliphatic rings. The lowest BCUT2D eigenvalue weighted by atomic mass is 10.0. The first-order valence-corrected chi connectivity index (χ1v) is 12.9. The quantitative estimate of drug-likeness (QED) is 0.214. The summed E-state index contributed by atoms with van der Waals surface area (Å²) in [7, 11) is 3.97. The molecular formula is C30H42FN7. The molecule has 0 radical (unpaired) electrons. The summed E-state index contributed by atoms with van der Waals surface area (Å²) in [6.07, 6.45) is 15.5. The van der Waals surface area contributed by atoms with Crippen LogP contribution in [-0.2, 0) is 0 Å². The molecular weight excluding hydrogens is 477 g/mol. The molecule has 1 saturated heterocycles. The van der Waals surface area contributed by atoms with E-state index >= 15 is 0 Å². The molecule has 0 spiro atoms. The van der Waals surface area contributed by atoms with Gasteiger partial charge in [-0.3, -0.25) is 4.90 Å². The molecule has 2 aromatic heterocycles. The van der Waals surface area contributed by atoms with Gasteiger partial charge in [-0.2, -0.15) is 9.37 Å². The predicted octanol–water partition coefficient (Wildman–Crippen LogP) is 5.58. The van der Waals surface area contributed by atoms with Crippen LogP contribution in [-0.4, -0.2) is 53.1 Å². The second-order valence-corrected chi connectivity index (χ2v) is 9.11. The Kier molecular flexibility index (Phi) is 13.1. The van der Waals surface area contributed by atoms with Crippen molar-refractivity contribution >= 4 is 11.8 Å². The second-order valence-electron chi connectivity index (χ2n) is 9.11. The number of aromatic nitrogens is 3. The Morgan fingerprint density at radius 2 is 1.95 bits per heavy atom. The fourth-order valence-electron chi connectivity index (χ4n) is 4.11.